The van der Waals surface area contributed by atoms with Crippen LogP contribution in [0.2, 0.25) is 0 Å². The zero-order valence-corrected chi connectivity index (χ0v) is 24.4. The van der Waals surface area contributed by atoms with Crippen LogP contribution in [0.5, 0.6) is 0 Å². The first-order valence-electron chi connectivity index (χ1n) is 12.8. The Morgan fingerprint density at radius 3 is 1.54 bits per heavy atom. The molecule has 236 valence electrons. The Labute approximate surface area is 242 Å². The first-order chi connectivity index (χ1) is 19.0. The predicted molar refractivity (Wildman–Crippen MR) is 151 cm³/mol. The van der Waals surface area contributed by atoms with Gasteiger partial charge in [0.1, 0.15) is 24.2 Å². The van der Waals surface area contributed by atoms with Gasteiger partial charge in [-0.1, -0.05) is 0 Å². The van der Waals surface area contributed by atoms with Gasteiger partial charge in [0.05, 0.1) is 24.4 Å². The highest BCUT2D eigenvalue weighted by Gasteiger charge is 2.36. The molecule has 0 aliphatic rings. The third-order valence-corrected chi connectivity index (χ3v) is 6.36. The number of hydrogen-bond acceptors (Lipinski definition) is 11. The van der Waals surface area contributed by atoms with Gasteiger partial charge in [-0.15, -0.1) is 0 Å². The van der Waals surface area contributed by atoms with Crippen molar-refractivity contribution in [3.8, 4) is 0 Å². The third-order valence-electron chi connectivity index (χ3n) is 5.72. The fourth-order valence-electron chi connectivity index (χ4n) is 3.36. The van der Waals surface area contributed by atoms with Crippen LogP contribution in [0, 0.1) is 0 Å². The van der Waals surface area contributed by atoms with Gasteiger partial charge in [0.25, 0.3) is 0 Å². The van der Waals surface area contributed by atoms with E-state index in [1.54, 1.807) is 0 Å². The van der Waals surface area contributed by atoms with Gasteiger partial charge < -0.3 is 58.9 Å². The summed E-state index contributed by atoms with van der Waals surface area (Å²) in [4.78, 5) is 66.3. The Balaban J connectivity index is 5.56. The second-order valence-corrected chi connectivity index (χ2v) is 10.4. The molecule has 41 heavy (non-hydrogen) atoms. The fourth-order valence-corrected chi connectivity index (χ4v) is 3.85. The summed E-state index contributed by atoms with van der Waals surface area (Å²) in [6, 6.07) is -7.28. The van der Waals surface area contributed by atoms with Crippen molar-refractivity contribution in [2.45, 2.75) is 88.6 Å². The summed E-state index contributed by atoms with van der Waals surface area (Å²) >= 11 is 1.46. The van der Waals surface area contributed by atoms with Crippen molar-refractivity contribution >= 4 is 47.3 Å². The van der Waals surface area contributed by atoms with Crippen molar-refractivity contribution in [3.63, 3.8) is 0 Å². The number of carboxylic acid groups (broad SMARTS) is 1. The summed E-state index contributed by atoms with van der Waals surface area (Å²) < 4.78 is 0. The van der Waals surface area contributed by atoms with Gasteiger partial charge in [-0.2, -0.15) is 11.8 Å². The number of aliphatic hydroxyl groups is 3. The molecular formula is C23H44N8O9S. The Morgan fingerprint density at radius 2 is 1.17 bits per heavy atom. The number of nitrogens with two attached hydrogens (primary N) is 3. The minimum absolute atomic E-state index is 0.0714. The van der Waals surface area contributed by atoms with E-state index < -0.39 is 78.1 Å². The number of carboxylic acids is 1. The molecule has 0 rings (SSSR count). The molecule has 0 aromatic carbocycles. The molecule has 0 aromatic rings. The first-order valence-corrected chi connectivity index (χ1v) is 14.2. The van der Waals surface area contributed by atoms with Gasteiger partial charge in [0.15, 0.2) is 5.96 Å². The van der Waals surface area contributed by atoms with Crippen LogP contribution in [0.15, 0.2) is 4.99 Å². The largest absolute Gasteiger partial charge is 0.480 e. The summed E-state index contributed by atoms with van der Waals surface area (Å²) in [7, 11) is 0. The van der Waals surface area contributed by atoms with Crippen LogP contribution < -0.4 is 38.5 Å². The topological polar surface area (TPSA) is 305 Å². The van der Waals surface area contributed by atoms with Crippen molar-refractivity contribution in [1.29, 1.82) is 0 Å². The molecule has 4 amide bonds. The smallest absolute Gasteiger partial charge is 0.326 e. The van der Waals surface area contributed by atoms with Crippen LogP contribution in [-0.2, 0) is 24.0 Å². The average Bonchev–Trinajstić information content (AvgIpc) is 2.87. The number of carbonyl (C=O) groups is 5. The highest BCUT2D eigenvalue weighted by Crippen LogP contribution is 2.05. The minimum Gasteiger partial charge on any atom is -0.480 e. The summed E-state index contributed by atoms with van der Waals surface area (Å²) in [5.74, 6) is -4.89. The van der Waals surface area contributed by atoms with Gasteiger partial charge in [0.2, 0.25) is 23.6 Å². The third kappa shape index (κ3) is 14.3. The van der Waals surface area contributed by atoms with E-state index in [1.807, 2.05) is 6.26 Å². The zero-order chi connectivity index (χ0) is 31.9. The van der Waals surface area contributed by atoms with Crippen molar-refractivity contribution in [1.82, 2.24) is 21.3 Å². The molecule has 0 bridgehead atoms. The number of aliphatic carboxylic acids is 1. The van der Waals surface area contributed by atoms with E-state index in [2.05, 4.69) is 26.3 Å². The van der Waals surface area contributed by atoms with Crippen molar-refractivity contribution in [3.05, 3.63) is 0 Å². The van der Waals surface area contributed by atoms with E-state index in [0.717, 1.165) is 13.8 Å². The molecule has 0 aliphatic carbocycles. The standard InChI is InChI=1S/C23H44N8O9S/c1-10(32)15(19(36)28-14(22(39)40)6-5-8-27-23(25)26)30-21(38)17(12(3)34)31-20(37)16(11(2)33)29-18(35)13(24)7-9-41-4/h10-17,32-34H,5-9,24H2,1-4H3,(H,28,36)(H,29,35)(H,30,38)(H,31,37)(H,39,40)(H4,25,26,27)/t10-,11-,12-,13+,14+,15+,16+,17+/m1/s1. The van der Waals surface area contributed by atoms with Crippen LogP contribution in [0.4, 0.5) is 0 Å². The second-order valence-electron chi connectivity index (χ2n) is 9.42. The number of amides is 4. The molecular weight excluding hydrogens is 564 g/mol. The number of hydrogen-bond donors (Lipinski definition) is 11. The molecule has 0 aliphatic heterocycles. The van der Waals surface area contributed by atoms with Crippen LogP contribution >= 0.6 is 11.8 Å². The highest BCUT2D eigenvalue weighted by atomic mass is 32.2. The molecule has 0 heterocycles. The number of nitrogens with zero attached hydrogens (tertiary/aromatic N) is 1. The average molecular weight is 609 g/mol. The molecule has 0 unspecified atom stereocenters. The molecule has 8 atom stereocenters. The van der Waals surface area contributed by atoms with Gasteiger partial charge in [-0.25, -0.2) is 4.79 Å². The van der Waals surface area contributed by atoms with E-state index in [-0.39, 0.29) is 25.3 Å². The monoisotopic (exact) mass is 608 g/mol. The lowest BCUT2D eigenvalue weighted by Crippen LogP contribution is -2.63. The van der Waals surface area contributed by atoms with E-state index in [9.17, 15) is 44.4 Å². The van der Waals surface area contributed by atoms with E-state index >= 15 is 0 Å². The summed E-state index contributed by atoms with van der Waals surface area (Å²) in [6.45, 7) is 3.65. The zero-order valence-electron chi connectivity index (χ0n) is 23.6. The van der Waals surface area contributed by atoms with Gasteiger partial charge in [0, 0.05) is 6.54 Å². The van der Waals surface area contributed by atoms with Gasteiger partial charge in [-0.3, -0.25) is 24.2 Å². The SMILES string of the molecule is CSCC[C@H](N)C(=O)N[C@H](C(=O)N[C@H](C(=O)N[C@H](C(=O)N[C@@H](CCCN=C(N)N)C(=O)O)[C@@H](C)O)[C@@H](C)O)[C@@H](C)O. The molecule has 18 heteroatoms. The highest BCUT2D eigenvalue weighted by molar-refractivity contribution is 7.98. The van der Waals surface area contributed by atoms with E-state index in [4.69, 9.17) is 17.2 Å². The lowest BCUT2D eigenvalue weighted by molar-refractivity contribution is -0.143. The second kappa shape index (κ2) is 19.0. The van der Waals surface area contributed by atoms with Crippen LogP contribution in [0.25, 0.3) is 0 Å². The van der Waals surface area contributed by atoms with Crippen LogP contribution in [0.1, 0.15) is 40.0 Å². The molecule has 0 fully saturated rings. The molecule has 0 saturated heterocycles. The number of nitrogens with one attached hydrogen (secondary N) is 4. The number of carbonyl (C=O) groups excluding carboxylic acids is 4. The molecule has 0 saturated carbocycles. The maximum absolute atomic E-state index is 13.0. The number of guanidine groups is 1. The Bertz CT molecular complexity index is 916. The molecule has 14 N–H and O–H groups in total. The minimum atomic E-state index is -1.70. The summed E-state index contributed by atoms with van der Waals surface area (Å²) in [5, 5.41) is 48.7. The fraction of sp³-hybridized carbons (Fsp3) is 0.739. The lowest BCUT2D eigenvalue weighted by atomic mass is 10.1. The molecule has 0 spiro atoms. The molecule has 17 nitrogen and oxygen atoms in total. The first kappa shape index (κ1) is 37.8. The number of aliphatic imine (C=N–C) groups is 1. The Hall–Kier alpha value is -3.19. The quantitative estimate of drug-likeness (QED) is 0.0373. The lowest BCUT2D eigenvalue weighted by Gasteiger charge is -2.29. The number of aliphatic hydroxyl groups excluding tert-OH is 3. The summed E-state index contributed by atoms with van der Waals surface area (Å²) in [6.07, 6.45) is -2.22. The van der Waals surface area contributed by atoms with Gasteiger partial charge in [-0.05, 0) is 52.0 Å². The van der Waals surface area contributed by atoms with Crippen molar-refractivity contribution in [2.24, 2.45) is 22.2 Å². The van der Waals surface area contributed by atoms with Gasteiger partial charge >= 0.3 is 5.97 Å². The number of rotatable bonds is 19. The number of thioether (sulfide) groups is 1. The maximum Gasteiger partial charge on any atom is 0.326 e. The normalized spacial score (nSPS) is 16.9. The predicted octanol–water partition coefficient (Wildman–Crippen LogP) is -4.71. The van der Waals surface area contributed by atoms with E-state index in [0.29, 0.717) is 12.2 Å². The molecule has 0 radical (unpaired) electrons. The van der Waals surface area contributed by atoms with Crippen LogP contribution in [0.3, 0.4) is 0 Å². The van der Waals surface area contributed by atoms with Crippen molar-refractivity contribution in [2.75, 3.05) is 18.6 Å². The van der Waals surface area contributed by atoms with E-state index in [1.165, 1.54) is 18.7 Å². The Kier molecular flexibility index (Phi) is 17.5. The summed E-state index contributed by atoms with van der Waals surface area (Å²) in [5.41, 5.74) is 16.2. The maximum atomic E-state index is 13.0. The van der Waals surface area contributed by atoms with Crippen LogP contribution in [-0.4, -0.2) is 123 Å². The Morgan fingerprint density at radius 1 is 0.756 bits per heavy atom. The molecule has 0 aromatic heterocycles. The van der Waals surface area contributed by atoms with Crippen molar-refractivity contribution < 1.29 is 44.4 Å².